The zero-order valence-corrected chi connectivity index (χ0v) is 16.2. The molecular formula is C22H18F4N2O2. The number of benzene rings is 2. The molecule has 3 aromatic rings. The van der Waals surface area contributed by atoms with Crippen LogP contribution in [0.5, 0.6) is 0 Å². The summed E-state index contributed by atoms with van der Waals surface area (Å²) in [5.41, 5.74) is 1.42. The molecular weight excluding hydrogens is 400 g/mol. The minimum absolute atomic E-state index is 0.0662. The van der Waals surface area contributed by atoms with Crippen LogP contribution in [-0.4, -0.2) is 22.9 Å². The lowest BCUT2D eigenvalue weighted by atomic mass is 10.1. The molecule has 0 radical (unpaired) electrons. The summed E-state index contributed by atoms with van der Waals surface area (Å²) in [5, 5.41) is 4.23. The Morgan fingerprint density at radius 1 is 1.13 bits per heavy atom. The highest BCUT2D eigenvalue weighted by Gasteiger charge is 2.29. The van der Waals surface area contributed by atoms with Gasteiger partial charge < -0.3 is 4.74 Å². The van der Waals surface area contributed by atoms with Crippen molar-refractivity contribution in [2.24, 2.45) is 0 Å². The van der Waals surface area contributed by atoms with Gasteiger partial charge in [-0.15, -0.1) is 0 Å². The SMILES string of the molecule is COC(=O)c1cccc(Cn2nc(C(F)=Cc3ccc(C(F)(F)F)cc3)cc2C)c1. The van der Waals surface area contributed by atoms with Crippen molar-refractivity contribution in [3.63, 3.8) is 0 Å². The summed E-state index contributed by atoms with van der Waals surface area (Å²) in [7, 11) is 1.30. The van der Waals surface area contributed by atoms with Crippen LogP contribution < -0.4 is 0 Å². The molecule has 0 unspecified atom stereocenters. The van der Waals surface area contributed by atoms with E-state index in [-0.39, 0.29) is 5.69 Å². The molecule has 0 N–H and O–H groups in total. The molecule has 8 heteroatoms. The number of aryl methyl sites for hydroxylation is 1. The van der Waals surface area contributed by atoms with Gasteiger partial charge in [0, 0.05) is 5.69 Å². The number of ether oxygens (including phenoxy) is 1. The van der Waals surface area contributed by atoms with Gasteiger partial charge in [-0.1, -0.05) is 24.3 Å². The first-order valence-electron chi connectivity index (χ1n) is 8.94. The molecule has 0 aliphatic rings. The number of methoxy groups -OCH3 is 1. The number of carbonyl (C=O) groups is 1. The first kappa shape index (κ1) is 21.3. The lowest BCUT2D eigenvalue weighted by molar-refractivity contribution is -0.137. The van der Waals surface area contributed by atoms with E-state index < -0.39 is 23.5 Å². The van der Waals surface area contributed by atoms with Crippen LogP contribution in [0.1, 0.15) is 38.4 Å². The highest BCUT2D eigenvalue weighted by atomic mass is 19.4. The summed E-state index contributed by atoms with van der Waals surface area (Å²) in [6.45, 7) is 2.07. The fourth-order valence-electron chi connectivity index (χ4n) is 2.86. The van der Waals surface area contributed by atoms with Crippen molar-refractivity contribution in [3.8, 4) is 0 Å². The van der Waals surface area contributed by atoms with Gasteiger partial charge in [-0.25, -0.2) is 9.18 Å². The highest BCUT2D eigenvalue weighted by molar-refractivity contribution is 5.89. The number of carbonyl (C=O) groups excluding carboxylic acids is 1. The summed E-state index contributed by atoms with van der Waals surface area (Å²) < 4.78 is 58.8. The fourth-order valence-corrected chi connectivity index (χ4v) is 2.86. The van der Waals surface area contributed by atoms with E-state index in [1.807, 2.05) is 6.07 Å². The maximum absolute atomic E-state index is 14.6. The van der Waals surface area contributed by atoms with Gasteiger partial charge in [-0.2, -0.15) is 18.3 Å². The lowest BCUT2D eigenvalue weighted by Gasteiger charge is -2.06. The van der Waals surface area contributed by atoms with E-state index in [1.54, 1.807) is 35.9 Å². The number of hydrogen-bond donors (Lipinski definition) is 0. The molecule has 3 rings (SSSR count). The molecule has 0 amide bonds. The molecule has 1 heterocycles. The number of alkyl halides is 3. The summed E-state index contributed by atoms with van der Waals surface area (Å²) in [4.78, 5) is 11.7. The molecule has 2 aromatic carbocycles. The van der Waals surface area contributed by atoms with Crippen LogP contribution in [0.25, 0.3) is 11.9 Å². The van der Waals surface area contributed by atoms with Gasteiger partial charge >= 0.3 is 12.1 Å². The number of halogens is 4. The van der Waals surface area contributed by atoms with Crippen LogP contribution in [0.15, 0.2) is 54.6 Å². The molecule has 0 fully saturated rings. The second kappa shape index (κ2) is 8.52. The minimum atomic E-state index is -4.44. The van der Waals surface area contributed by atoms with Crippen molar-refractivity contribution in [2.75, 3.05) is 7.11 Å². The van der Waals surface area contributed by atoms with Gasteiger partial charge in [-0.3, -0.25) is 4.68 Å². The predicted octanol–water partition coefficient (Wildman–Crippen LogP) is 5.51. The number of esters is 1. The van der Waals surface area contributed by atoms with Gasteiger partial charge in [0.2, 0.25) is 0 Å². The molecule has 0 aliphatic heterocycles. The molecule has 0 bridgehead atoms. The molecule has 156 valence electrons. The Bertz CT molecular complexity index is 1080. The Kier molecular flexibility index (Phi) is 6.05. The van der Waals surface area contributed by atoms with Crippen molar-refractivity contribution in [1.29, 1.82) is 0 Å². The van der Waals surface area contributed by atoms with E-state index in [0.29, 0.717) is 23.4 Å². The van der Waals surface area contributed by atoms with Crippen molar-refractivity contribution in [2.45, 2.75) is 19.6 Å². The van der Waals surface area contributed by atoms with Crippen molar-refractivity contribution < 1.29 is 27.1 Å². The number of hydrogen-bond acceptors (Lipinski definition) is 3. The largest absolute Gasteiger partial charge is 0.465 e. The number of nitrogens with zero attached hydrogens (tertiary/aromatic N) is 2. The van der Waals surface area contributed by atoms with Crippen LogP contribution in [0.2, 0.25) is 0 Å². The Morgan fingerprint density at radius 3 is 2.47 bits per heavy atom. The van der Waals surface area contributed by atoms with E-state index in [9.17, 15) is 22.4 Å². The van der Waals surface area contributed by atoms with Crippen molar-refractivity contribution >= 4 is 17.9 Å². The number of rotatable bonds is 5. The van der Waals surface area contributed by atoms with Crippen LogP contribution in [0, 0.1) is 6.92 Å². The third kappa shape index (κ3) is 4.94. The molecule has 0 spiro atoms. The normalized spacial score (nSPS) is 12.1. The number of aromatic nitrogens is 2. The summed E-state index contributed by atoms with van der Waals surface area (Å²) in [6.07, 6.45) is -3.31. The Labute approximate surface area is 170 Å². The summed E-state index contributed by atoms with van der Waals surface area (Å²) >= 11 is 0. The maximum Gasteiger partial charge on any atom is 0.416 e. The van der Waals surface area contributed by atoms with Crippen LogP contribution in [-0.2, 0) is 17.5 Å². The Hall–Kier alpha value is -3.42. The highest BCUT2D eigenvalue weighted by Crippen LogP contribution is 2.30. The van der Waals surface area contributed by atoms with Crippen molar-refractivity contribution in [1.82, 2.24) is 9.78 Å². The van der Waals surface area contributed by atoms with Gasteiger partial charge in [0.05, 0.1) is 24.8 Å². The van der Waals surface area contributed by atoms with Gasteiger partial charge in [0.25, 0.3) is 0 Å². The Morgan fingerprint density at radius 2 is 1.83 bits per heavy atom. The topological polar surface area (TPSA) is 44.1 Å². The summed E-state index contributed by atoms with van der Waals surface area (Å²) in [6, 6.07) is 12.6. The molecule has 30 heavy (non-hydrogen) atoms. The smallest absolute Gasteiger partial charge is 0.416 e. The van der Waals surface area contributed by atoms with Gasteiger partial charge in [0.15, 0.2) is 5.83 Å². The molecule has 0 saturated heterocycles. The third-order valence-corrected chi connectivity index (χ3v) is 4.44. The molecule has 0 aliphatic carbocycles. The molecule has 0 atom stereocenters. The maximum atomic E-state index is 14.6. The van der Waals surface area contributed by atoms with E-state index in [0.717, 1.165) is 23.8 Å². The first-order valence-corrected chi connectivity index (χ1v) is 8.94. The van der Waals surface area contributed by atoms with Crippen LogP contribution in [0.4, 0.5) is 17.6 Å². The van der Waals surface area contributed by atoms with Crippen molar-refractivity contribution in [3.05, 3.63) is 88.2 Å². The van der Waals surface area contributed by atoms with Crippen LogP contribution in [0.3, 0.4) is 0 Å². The second-order valence-corrected chi connectivity index (χ2v) is 6.63. The first-order chi connectivity index (χ1) is 14.2. The predicted molar refractivity (Wildman–Crippen MR) is 104 cm³/mol. The third-order valence-electron chi connectivity index (χ3n) is 4.44. The molecule has 1 aromatic heterocycles. The zero-order chi connectivity index (χ0) is 21.9. The average molecular weight is 418 g/mol. The fraction of sp³-hybridized carbons (Fsp3) is 0.182. The zero-order valence-electron chi connectivity index (χ0n) is 16.2. The Balaban J connectivity index is 1.80. The monoisotopic (exact) mass is 418 g/mol. The van der Waals surface area contributed by atoms with Gasteiger partial charge in [-0.05, 0) is 54.5 Å². The van der Waals surface area contributed by atoms with E-state index in [1.165, 1.54) is 19.2 Å². The van der Waals surface area contributed by atoms with E-state index in [2.05, 4.69) is 5.10 Å². The van der Waals surface area contributed by atoms with E-state index >= 15 is 0 Å². The quantitative estimate of drug-likeness (QED) is 0.405. The lowest BCUT2D eigenvalue weighted by Crippen LogP contribution is -2.06. The molecule has 4 nitrogen and oxygen atoms in total. The standard InChI is InChI=1S/C22H18F4N2O2/c1-14-10-20(19(23)12-15-6-8-18(9-7-15)22(24,25)26)27-28(14)13-16-4-3-5-17(11-16)21(29)30-2/h3-12H,13H2,1-2H3. The minimum Gasteiger partial charge on any atom is -0.465 e. The molecule has 0 saturated carbocycles. The van der Waals surface area contributed by atoms with E-state index in [4.69, 9.17) is 4.74 Å². The van der Waals surface area contributed by atoms with Crippen LogP contribution >= 0.6 is 0 Å². The van der Waals surface area contributed by atoms with Gasteiger partial charge in [0.1, 0.15) is 5.69 Å². The average Bonchev–Trinajstić information content (AvgIpc) is 3.08. The summed E-state index contributed by atoms with van der Waals surface area (Å²) in [5.74, 6) is -1.12. The second-order valence-electron chi connectivity index (χ2n) is 6.63.